The van der Waals surface area contributed by atoms with Crippen LogP contribution < -0.4 is 10.5 Å². The fourth-order valence-corrected chi connectivity index (χ4v) is 4.38. The van der Waals surface area contributed by atoms with Crippen molar-refractivity contribution in [2.75, 3.05) is 12.8 Å². The van der Waals surface area contributed by atoms with Crippen molar-refractivity contribution in [1.29, 1.82) is 0 Å². The first-order valence-electron chi connectivity index (χ1n) is 6.14. The lowest BCUT2D eigenvalue weighted by atomic mass is 9.65. The number of hydrogen-bond donors (Lipinski definition) is 2. The molecule has 0 saturated heterocycles. The molecule has 20 heavy (non-hydrogen) atoms. The summed E-state index contributed by atoms with van der Waals surface area (Å²) in [5.74, 6) is -0.0129. The van der Waals surface area contributed by atoms with Gasteiger partial charge in [-0.15, -0.1) is 0 Å². The maximum absolute atomic E-state index is 12.4. The third kappa shape index (κ3) is 2.69. The molecule has 1 heterocycles. The number of nitrogens with two attached hydrogens (primary N) is 1. The van der Waals surface area contributed by atoms with E-state index in [-0.39, 0.29) is 28.3 Å². The van der Waals surface area contributed by atoms with Gasteiger partial charge >= 0.3 is 0 Å². The molecule has 8 heteroatoms. The lowest BCUT2D eigenvalue weighted by Crippen LogP contribution is -2.61. The predicted molar refractivity (Wildman–Crippen MR) is 79.7 cm³/mol. The van der Waals surface area contributed by atoms with Gasteiger partial charge in [-0.05, 0) is 28.4 Å². The molecule has 1 fully saturated rings. The van der Waals surface area contributed by atoms with Gasteiger partial charge in [0.2, 0.25) is 10.0 Å². The van der Waals surface area contributed by atoms with Crippen molar-refractivity contribution in [3.63, 3.8) is 0 Å². The van der Waals surface area contributed by atoms with E-state index in [0.29, 0.717) is 10.9 Å². The Morgan fingerprint density at radius 3 is 2.75 bits per heavy atom. The zero-order chi connectivity index (χ0) is 15.1. The summed E-state index contributed by atoms with van der Waals surface area (Å²) in [5.41, 5.74) is 5.40. The van der Waals surface area contributed by atoms with E-state index in [1.165, 1.54) is 12.3 Å². The van der Waals surface area contributed by atoms with E-state index in [0.717, 1.165) is 0 Å². The molecule has 2 unspecified atom stereocenters. The van der Waals surface area contributed by atoms with E-state index in [1.807, 2.05) is 13.8 Å². The smallest absolute Gasteiger partial charge is 0.244 e. The molecule has 3 N–H and O–H groups in total. The molecule has 0 bridgehead atoms. The minimum Gasteiger partial charge on any atom is -0.383 e. The molecule has 6 nitrogen and oxygen atoms in total. The highest BCUT2D eigenvalue weighted by molar-refractivity contribution is 9.10. The van der Waals surface area contributed by atoms with Gasteiger partial charge < -0.3 is 10.5 Å². The number of nitrogens with zero attached hydrogens (tertiary/aromatic N) is 1. The summed E-state index contributed by atoms with van der Waals surface area (Å²) in [6.07, 6.45) is 2.15. The standard InChI is InChI=1S/C12H18BrN3O3S/c1-12(2)9(5-10(12)19-3)16-20(17,18)8-4-7(13)6-15-11(8)14/h4,6,9-10,16H,5H2,1-3H3,(H2,14,15). The maximum atomic E-state index is 12.4. The first-order valence-corrected chi connectivity index (χ1v) is 8.42. The first-order chi connectivity index (χ1) is 9.18. The molecule has 1 saturated carbocycles. The van der Waals surface area contributed by atoms with Gasteiger partial charge in [0, 0.05) is 29.2 Å². The van der Waals surface area contributed by atoms with Crippen LogP contribution in [0.25, 0.3) is 0 Å². The van der Waals surface area contributed by atoms with E-state index >= 15 is 0 Å². The minimum atomic E-state index is -3.70. The van der Waals surface area contributed by atoms with Crippen molar-refractivity contribution >= 4 is 31.8 Å². The van der Waals surface area contributed by atoms with Crippen molar-refractivity contribution in [3.8, 4) is 0 Å². The maximum Gasteiger partial charge on any atom is 0.244 e. The summed E-state index contributed by atoms with van der Waals surface area (Å²) in [4.78, 5) is 3.84. The monoisotopic (exact) mass is 363 g/mol. The number of pyridine rings is 1. The molecule has 1 aliphatic carbocycles. The van der Waals surface area contributed by atoms with Crippen LogP contribution in [0.4, 0.5) is 5.82 Å². The fourth-order valence-electron chi connectivity index (χ4n) is 2.38. The second kappa shape index (κ2) is 5.25. The average molecular weight is 364 g/mol. The molecular formula is C12H18BrN3O3S. The second-order valence-electron chi connectivity index (χ2n) is 5.49. The van der Waals surface area contributed by atoms with Gasteiger partial charge in [-0.2, -0.15) is 0 Å². The highest BCUT2D eigenvalue weighted by Gasteiger charge is 2.50. The third-order valence-corrected chi connectivity index (χ3v) is 5.83. The summed E-state index contributed by atoms with van der Waals surface area (Å²) in [6, 6.07) is 1.26. The number of ether oxygens (including phenoxy) is 1. The molecule has 0 radical (unpaired) electrons. The zero-order valence-electron chi connectivity index (χ0n) is 11.6. The van der Waals surface area contributed by atoms with Crippen LogP contribution in [-0.4, -0.2) is 32.7 Å². The summed E-state index contributed by atoms with van der Waals surface area (Å²) in [5, 5.41) is 0. The second-order valence-corrected chi connectivity index (χ2v) is 8.09. The van der Waals surface area contributed by atoms with E-state index in [1.54, 1.807) is 7.11 Å². The topological polar surface area (TPSA) is 94.3 Å². The van der Waals surface area contributed by atoms with Gasteiger partial charge in [0.1, 0.15) is 10.7 Å². The number of hydrogen-bond acceptors (Lipinski definition) is 5. The summed E-state index contributed by atoms with van der Waals surface area (Å²) < 4.78 is 33.4. The third-order valence-electron chi connectivity index (χ3n) is 3.90. The van der Waals surface area contributed by atoms with Crippen LogP contribution in [-0.2, 0) is 14.8 Å². The molecule has 0 spiro atoms. The zero-order valence-corrected chi connectivity index (χ0v) is 14.0. The molecule has 0 aromatic carbocycles. The van der Waals surface area contributed by atoms with E-state index in [9.17, 15) is 8.42 Å². The Hall–Kier alpha value is -0.700. The van der Waals surface area contributed by atoms with E-state index < -0.39 is 10.0 Å². The Morgan fingerprint density at radius 2 is 2.20 bits per heavy atom. The number of sulfonamides is 1. The van der Waals surface area contributed by atoms with Crippen LogP contribution in [0.1, 0.15) is 20.3 Å². The number of nitrogens with one attached hydrogen (secondary N) is 1. The molecule has 0 aliphatic heterocycles. The van der Waals surface area contributed by atoms with Crippen LogP contribution in [0, 0.1) is 5.41 Å². The number of methoxy groups -OCH3 is 1. The quantitative estimate of drug-likeness (QED) is 0.845. The highest BCUT2D eigenvalue weighted by atomic mass is 79.9. The average Bonchev–Trinajstić information content (AvgIpc) is 2.36. The summed E-state index contributed by atoms with van der Waals surface area (Å²) >= 11 is 3.20. The lowest BCUT2D eigenvalue weighted by Gasteiger charge is -2.50. The minimum absolute atomic E-state index is 0.0106. The van der Waals surface area contributed by atoms with Gasteiger partial charge in [0.15, 0.2) is 0 Å². The number of rotatable bonds is 4. The summed E-state index contributed by atoms with van der Waals surface area (Å²) in [7, 11) is -2.07. The Labute approximate surface area is 127 Å². The molecular weight excluding hydrogens is 346 g/mol. The van der Waals surface area contributed by atoms with Gasteiger partial charge in [-0.3, -0.25) is 0 Å². The predicted octanol–water partition coefficient (Wildman–Crippen LogP) is 1.52. The van der Waals surface area contributed by atoms with Crippen molar-refractivity contribution in [1.82, 2.24) is 9.71 Å². The Balaban J connectivity index is 2.23. The largest absolute Gasteiger partial charge is 0.383 e. The van der Waals surface area contributed by atoms with Crippen LogP contribution in [0.2, 0.25) is 0 Å². The van der Waals surface area contributed by atoms with Crippen molar-refractivity contribution in [2.24, 2.45) is 5.41 Å². The van der Waals surface area contributed by atoms with E-state index in [4.69, 9.17) is 10.5 Å². The van der Waals surface area contributed by atoms with Gasteiger partial charge in [-0.25, -0.2) is 18.1 Å². The number of aromatic nitrogens is 1. The number of halogens is 1. The fraction of sp³-hybridized carbons (Fsp3) is 0.583. The normalized spacial score (nSPS) is 25.2. The number of anilines is 1. The van der Waals surface area contributed by atoms with Crippen molar-refractivity contribution < 1.29 is 13.2 Å². The van der Waals surface area contributed by atoms with E-state index in [2.05, 4.69) is 25.6 Å². The molecule has 1 aromatic rings. The SMILES string of the molecule is COC1CC(NS(=O)(=O)c2cc(Br)cnc2N)C1(C)C. The number of nitrogen functional groups attached to an aromatic ring is 1. The Morgan fingerprint density at radius 1 is 1.55 bits per heavy atom. The first kappa shape index (κ1) is 15.7. The van der Waals surface area contributed by atoms with Crippen LogP contribution in [0.15, 0.2) is 21.6 Å². The van der Waals surface area contributed by atoms with Crippen LogP contribution in [0.5, 0.6) is 0 Å². The molecule has 1 aromatic heterocycles. The van der Waals surface area contributed by atoms with Crippen LogP contribution in [0.3, 0.4) is 0 Å². The van der Waals surface area contributed by atoms with Crippen molar-refractivity contribution in [3.05, 3.63) is 16.7 Å². The molecule has 1 aliphatic rings. The van der Waals surface area contributed by atoms with Crippen LogP contribution >= 0.6 is 15.9 Å². The summed E-state index contributed by atoms with van der Waals surface area (Å²) in [6.45, 7) is 3.95. The Bertz CT molecular complexity index is 618. The molecule has 2 atom stereocenters. The molecule has 112 valence electrons. The van der Waals surface area contributed by atoms with Gasteiger partial charge in [-0.1, -0.05) is 13.8 Å². The molecule has 0 amide bonds. The highest BCUT2D eigenvalue weighted by Crippen LogP contribution is 2.43. The lowest BCUT2D eigenvalue weighted by molar-refractivity contribution is -0.0908. The van der Waals surface area contributed by atoms with Gasteiger partial charge in [0.25, 0.3) is 0 Å². The van der Waals surface area contributed by atoms with Crippen molar-refractivity contribution in [2.45, 2.75) is 37.3 Å². The van der Waals surface area contributed by atoms with Gasteiger partial charge in [0.05, 0.1) is 6.10 Å². The Kier molecular flexibility index (Phi) is 4.12. The molecule has 2 rings (SSSR count).